The van der Waals surface area contributed by atoms with Crippen LogP contribution in [-0.2, 0) is 13.1 Å². The molecule has 0 radical (unpaired) electrons. The molecule has 3 aromatic carbocycles. The lowest BCUT2D eigenvalue weighted by atomic mass is 9.94. The van der Waals surface area contributed by atoms with E-state index in [1.165, 1.54) is 33.3 Å². The van der Waals surface area contributed by atoms with Gasteiger partial charge in [-0.25, -0.2) is 4.98 Å². The van der Waals surface area contributed by atoms with Gasteiger partial charge in [0.05, 0.1) is 34.4 Å². The fourth-order valence-corrected chi connectivity index (χ4v) is 5.84. The molecule has 0 saturated heterocycles. The molecular weight excluding hydrogens is 420 g/mol. The zero-order chi connectivity index (χ0) is 22.4. The van der Waals surface area contributed by atoms with Crippen LogP contribution in [0, 0.1) is 0 Å². The zero-order valence-corrected chi connectivity index (χ0v) is 18.4. The van der Waals surface area contributed by atoms with Gasteiger partial charge in [-0.1, -0.05) is 18.2 Å². The molecule has 2 bridgehead atoms. The van der Waals surface area contributed by atoms with E-state index in [-0.39, 0.29) is 0 Å². The molecule has 6 heteroatoms. The molecular formula is C28H20N6. The van der Waals surface area contributed by atoms with Crippen LogP contribution in [0.1, 0.15) is 11.1 Å². The van der Waals surface area contributed by atoms with Crippen LogP contribution < -0.4 is 15.5 Å². The number of rotatable bonds is 0. The molecule has 0 fully saturated rings. The van der Waals surface area contributed by atoms with Crippen molar-refractivity contribution in [3.8, 4) is 0 Å². The van der Waals surface area contributed by atoms with Gasteiger partial charge < -0.3 is 15.5 Å². The predicted octanol–water partition coefficient (Wildman–Crippen LogP) is 5.36. The van der Waals surface area contributed by atoms with Gasteiger partial charge in [0, 0.05) is 69.5 Å². The number of nitrogen functional groups attached to an aromatic ring is 1. The standard InChI is InChI=1S/C28H20N6/c29-18-7-5-16-11-17-6-8-24-22(25(17)32-23(16)12-18)14-34-15-33(24)13-21-19-3-1-9-30-26(19)27-20(28(21)34)4-2-10-31-27/h1-12H,13-15,29H2. The fourth-order valence-electron chi connectivity index (χ4n) is 5.84. The van der Waals surface area contributed by atoms with Gasteiger partial charge in [0.1, 0.15) is 0 Å². The maximum absolute atomic E-state index is 6.06. The molecule has 2 aliphatic rings. The topological polar surface area (TPSA) is 71.2 Å². The zero-order valence-electron chi connectivity index (χ0n) is 18.4. The van der Waals surface area contributed by atoms with E-state index in [0.717, 1.165) is 58.3 Å². The van der Waals surface area contributed by atoms with E-state index < -0.39 is 0 Å². The van der Waals surface area contributed by atoms with Gasteiger partial charge in [-0.15, -0.1) is 0 Å². The summed E-state index contributed by atoms with van der Waals surface area (Å²) in [6.45, 7) is 2.48. The molecule has 2 N–H and O–H groups in total. The number of aromatic nitrogens is 3. The average molecular weight is 441 g/mol. The first kappa shape index (κ1) is 18.0. The first-order valence-electron chi connectivity index (χ1n) is 11.5. The van der Waals surface area contributed by atoms with E-state index in [4.69, 9.17) is 20.7 Å². The molecule has 8 rings (SSSR count). The highest BCUT2D eigenvalue weighted by molar-refractivity contribution is 6.12. The van der Waals surface area contributed by atoms with Gasteiger partial charge in [0.15, 0.2) is 0 Å². The SMILES string of the molecule is Nc1ccc2cc3ccc4c(c3nc2c1)CN1CN4Cc2c1c1cccnc1c1ncccc21. The van der Waals surface area contributed by atoms with Crippen LogP contribution in [0.2, 0.25) is 0 Å². The maximum atomic E-state index is 6.06. The maximum Gasteiger partial charge on any atom is 0.0985 e. The molecule has 6 aromatic rings. The van der Waals surface area contributed by atoms with Crippen LogP contribution in [0.15, 0.2) is 73.1 Å². The highest BCUT2D eigenvalue weighted by Gasteiger charge is 2.33. The Bertz CT molecular complexity index is 1830. The Morgan fingerprint density at radius 2 is 1.47 bits per heavy atom. The number of anilines is 3. The van der Waals surface area contributed by atoms with Crippen LogP contribution in [0.5, 0.6) is 0 Å². The van der Waals surface area contributed by atoms with Crippen molar-refractivity contribution in [3.63, 3.8) is 0 Å². The monoisotopic (exact) mass is 440 g/mol. The van der Waals surface area contributed by atoms with Crippen molar-refractivity contribution in [2.75, 3.05) is 22.2 Å². The molecule has 0 aliphatic carbocycles. The van der Waals surface area contributed by atoms with Crippen molar-refractivity contribution in [2.45, 2.75) is 13.1 Å². The Balaban J connectivity index is 1.40. The predicted molar refractivity (Wildman–Crippen MR) is 138 cm³/mol. The number of nitrogens with zero attached hydrogens (tertiary/aromatic N) is 5. The van der Waals surface area contributed by atoms with Crippen molar-refractivity contribution < 1.29 is 0 Å². The quantitative estimate of drug-likeness (QED) is 0.195. The van der Waals surface area contributed by atoms with Crippen LogP contribution in [0.3, 0.4) is 0 Å². The normalized spacial score (nSPS) is 14.7. The summed E-state index contributed by atoms with van der Waals surface area (Å²) >= 11 is 0. The minimum Gasteiger partial charge on any atom is -0.399 e. The van der Waals surface area contributed by atoms with Crippen molar-refractivity contribution in [1.82, 2.24) is 15.0 Å². The smallest absolute Gasteiger partial charge is 0.0985 e. The molecule has 0 unspecified atom stereocenters. The molecule has 3 aromatic heterocycles. The second kappa shape index (κ2) is 6.32. The number of hydrogen-bond acceptors (Lipinski definition) is 6. The largest absolute Gasteiger partial charge is 0.399 e. The highest BCUT2D eigenvalue weighted by atomic mass is 15.4. The third kappa shape index (κ3) is 2.32. The Hall–Kier alpha value is -4.45. The number of nitrogens with two attached hydrogens (primary N) is 1. The number of benzene rings is 3. The van der Waals surface area contributed by atoms with Crippen molar-refractivity contribution in [2.24, 2.45) is 0 Å². The summed E-state index contributed by atoms with van der Waals surface area (Å²) in [5.74, 6) is 0. The minimum absolute atomic E-state index is 0.738. The lowest BCUT2D eigenvalue weighted by Gasteiger charge is -2.45. The van der Waals surface area contributed by atoms with Crippen LogP contribution >= 0.6 is 0 Å². The van der Waals surface area contributed by atoms with Gasteiger partial charge in [-0.3, -0.25) is 9.97 Å². The van der Waals surface area contributed by atoms with E-state index in [0.29, 0.717) is 0 Å². The van der Waals surface area contributed by atoms with Gasteiger partial charge in [0.2, 0.25) is 0 Å². The third-order valence-electron chi connectivity index (χ3n) is 7.29. The first-order chi connectivity index (χ1) is 16.7. The van der Waals surface area contributed by atoms with E-state index in [1.807, 2.05) is 42.7 Å². The van der Waals surface area contributed by atoms with Crippen LogP contribution in [0.25, 0.3) is 43.6 Å². The van der Waals surface area contributed by atoms with Crippen LogP contribution in [-0.4, -0.2) is 21.6 Å². The minimum atomic E-state index is 0.738. The van der Waals surface area contributed by atoms with Gasteiger partial charge in [0.25, 0.3) is 0 Å². The average Bonchev–Trinajstić information content (AvgIpc) is 2.87. The Kier molecular flexibility index (Phi) is 3.35. The second-order valence-corrected chi connectivity index (χ2v) is 9.24. The van der Waals surface area contributed by atoms with Crippen molar-refractivity contribution >= 4 is 60.7 Å². The molecule has 0 spiro atoms. The fraction of sp³-hybridized carbons (Fsp3) is 0.107. The van der Waals surface area contributed by atoms with E-state index in [2.05, 4.69) is 40.1 Å². The molecule has 0 atom stereocenters. The van der Waals surface area contributed by atoms with Crippen molar-refractivity contribution in [3.05, 3.63) is 84.2 Å². The van der Waals surface area contributed by atoms with Gasteiger partial charge in [-0.05, 0) is 42.5 Å². The first-order valence-corrected chi connectivity index (χ1v) is 11.5. The molecule has 0 saturated carbocycles. The lowest BCUT2D eigenvalue weighted by Crippen LogP contribution is -2.46. The number of pyridine rings is 3. The summed E-state index contributed by atoms with van der Waals surface area (Å²) in [5, 5.41) is 4.62. The van der Waals surface area contributed by atoms with Crippen LogP contribution in [0.4, 0.5) is 17.1 Å². The van der Waals surface area contributed by atoms with E-state index in [1.54, 1.807) is 0 Å². The van der Waals surface area contributed by atoms with Gasteiger partial charge >= 0.3 is 0 Å². The summed E-state index contributed by atoms with van der Waals surface area (Å²) in [7, 11) is 0. The Labute approximate surface area is 195 Å². The number of fused-ring (bicyclic) bond motifs is 14. The summed E-state index contributed by atoms with van der Waals surface area (Å²) < 4.78 is 0. The molecule has 2 aliphatic heterocycles. The molecule has 5 heterocycles. The van der Waals surface area contributed by atoms with Crippen molar-refractivity contribution in [1.29, 1.82) is 0 Å². The summed E-state index contributed by atoms with van der Waals surface area (Å²) in [6, 6.07) is 21.0. The second-order valence-electron chi connectivity index (χ2n) is 9.24. The molecule has 34 heavy (non-hydrogen) atoms. The molecule has 6 nitrogen and oxygen atoms in total. The van der Waals surface area contributed by atoms with E-state index >= 15 is 0 Å². The molecule has 162 valence electrons. The van der Waals surface area contributed by atoms with Gasteiger partial charge in [-0.2, -0.15) is 0 Å². The molecule has 0 amide bonds. The summed E-state index contributed by atoms with van der Waals surface area (Å²) in [6.07, 6.45) is 3.72. The highest BCUT2D eigenvalue weighted by Crippen LogP contribution is 2.46. The Morgan fingerprint density at radius 3 is 2.35 bits per heavy atom. The van der Waals surface area contributed by atoms with E-state index in [9.17, 15) is 0 Å². The Morgan fingerprint density at radius 1 is 0.706 bits per heavy atom. The number of hydrogen-bond donors (Lipinski definition) is 1. The lowest BCUT2D eigenvalue weighted by molar-refractivity contribution is 0.658. The summed E-state index contributed by atoms with van der Waals surface area (Å²) in [4.78, 5) is 19.5. The summed E-state index contributed by atoms with van der Waals surface area (Å²) in [5.41, 5.74) is 15.9. The third-order valence-corrected chi connectivity index (χ3v) is 7.29.